The highest BCUT2D eigenvalue weighted by atomic mass is 35.5. The van der Waals surface area contributed by atoms with E-state index in [0.29, 0.717) is 45.1 Å². The van der Waals surface area contributed by atoms with Gasteiger partial charge in [-0.2, -0.15) is 4.31 Å². The van der Waals surface area contributed by atoms with E-state index in [1.54, 1.807) is 18.2 Å². The SMILES string of the molecule is CN1CCCN(S(=O)(=O)c2cccc(NC(=O)C3COCCN3)c2)CC1.Cl.Cl. The smallest absolute Gasteiger partial charge is 0.243 e. The van der Waals surface area contributed by atoms with Crippen molar-refractivity contribution in [3.8, 4) is 0 Å². The van der Waals surface area contributed by atoms with Gasteiger partial charge < -0.3 is 20.3 Å². The molecule has 2 N–H and O–H groups in total. The van der Waals surface area contributed by atoms with Gasteiger partial charge in [0.1, 0.15) is 6.04 Å². The summed E-state index contributed by atoms with van der Waals surface area (Å²) < 4.78 is 32.7. The Hall–Kier alpha value is -0.940. The fraction of sp³-hybridized carbons (Fsp3) is 0.588. The third-order valence-corrected chi connectivity index (χ3v) is 6.55. The number of morpholine rings is 1. The van der Waals surface area contributed by atoms with Gasteiger partial charge in [0.2, 0.25) is 15.9 Å². The Morgan fingerprint density at radius 3 is 2.71 bits per heavy atom. The first-order valence-electron chi connectivity index (χ1n) is 8.87. The molecule has 2 aliphatic rings. The van der Waals surface area contributed by atoms with E-state index < -0.39 is 16.1 Å². The molecule has 160 valence electrons. The Morgan fingerprint density at radius 2 is 2.00 bits per heavy atom. The maximum atomic E-state index is 12.9. The summed E-state index contributed by atoms with van der Waals surface area (Å²) >= 11 is 0. The summed E-state index contributed by atoms with van der Waals surface area (Å²) in [5, 5.41) is 5.85. The van der Waals surface area contributed by atoms with Crippen LogP contribution in [0.1, 0.15) is 6.42 Å². The predicted molar refractivity (Wildman–Crippen MR) is 113 cm³/mol. The van der Waals surface area contributed by atoms with Gasteiger partial charge in [-0.15, -0.1) is 24.8 Å². The Morgan fingerprint density at radius 1 is 1.21 bits per heavy atom. The Labute approximate surface area is 178 Å². The number of halogens is 2. The minimum atomic E-state index is -3.58. The van der Waals surface area contributed by atoms with E-state index in [1.165, 1.54) is 10.4 Å². The first-order valence-corrected chi connectivity index (χ1v) is 10.3. The zero-order valence-electron chi connectivity index (χ0n) is 15.8. The Balaban J connectivity index is 0.00000196. The van der Waals surface area contributed by atoms with Crippen molar-refractivity contribution in [3.05, 3.63) is 24.3 Å². The quantitative estimate of drug-likeness (QED) is 0.698. The number of hydrogen-bond acceptors (Lipinski definition) is 6. The Kier molecular flexibility index (Phi) is 10.1. The van der Waals surface area contributed by atoms with Gasteiger partial charge in [0.15, 0.2) is 0 Å². The molecule has 2 fully saturated rings. The molecule has 2 saturated heterocycles. The van der Waals surface area contributed by atoms with Crippen LogP contribution in [0.15, 0.2) is 29.2 Å². The number of amides is 1. The zero-order valence-corrected chi connectivity index (χ0v) is 18.2. The number of carbonyl (C=O) groups excluding carboxylic acids is 1. The van der Waals surface area contributed by atoms with Gasteiger partial charge in [-0.05, 0) is 38.2 Å². The molecule has 2 aliphatic heterocycles. The fourth-order valence-electron chi connectivity index (χ4n) is 3.11. The monoisotopic (exact) mass is 454 g/mol. The third-order valence-electron chi connectivity index (χ3n) is 4.66. The molecular formula is C17H28Cl2N4O4S. The number of likely N-dealkylation sites (N-methyl/N-ethyl adjacent to an activating group) is 1. The average Bonchev–Trinajstić information content (AvgIpc) is 2.87. The van der Waals surface area contributed by atoms with Crippen LogP contribution in [-0.2, 0) is 19.6 Å². The topological polar surface area (TPSA) is 91.0 Å². The standard InChI is InChI=1S/C17H26N4O4S.2ClH/c1-20-7-3-8-21(10-9-20)26(23,24)15-5-2-4-14(12-15)19-17(22)16-13-25-11-6-18-16;;/h2,4-5,12,16,18H,3,6-11,13H2,1H3,(H,19,22);2*1H. The van der Waals surface area contributed by atoms with Crippen molar-refractivity contribution in [1.29, 1.82) is 0 Å². The van der Waals surface area contributed by atoms with E-state index in [4.69, 9.17) is 4.74 Å². The largest absolute Gasteiger partial charge is 0.378 e. The minimum Gasteiger partial charge on any atom is -0.378 e. The summed E-state index contributed by atoms with van der Waals surface area (Å²) in [4.78, 5) is 14.6. The number of carbonyl (C=O) groups is 1. The van der Waals surface area contributed by atoms with Crippen LogP contribution in [0.3, 0.4) is 0 Å². The second-order valence-corrected chi connectivity index (χ2v) is 8.60. The second kappa shape index (κ2) is 11.3. The number of ether oxygens (including phenoxy) is 1. The van der Waals surface area contributed by atoms with E-state index in [9.17, 15) is 13.2 Å². The summed E-state index contributed by atoms with van der Waals surface area (Å²) in [5.74, 6) is -0.226. The number of sulfonamides is 1. The van der Waals surface area contributed by atoms with Crippen molar-refractivity contribution in [3.63, 3.8) is 0 Å². The van der Waals surface area contributed by atoms with Crippen molar-refractivity contribution in [1.82, 2.24) is 14.5 Å². The summed E-state index contributed by atoms with van der Waals surface area (Å²) in [7, 11) is -1.58. The van der Waals surface area contributed by atoms with Crippen molar-refractivity contribution in [2.45, 2.75) is 17.4 Å². The molecule has 0 aliphatic carbocycles. The molecule has 1 aromatic rings. The maximum absolute atomic E-state index is 12.9. The Bertz CT molecular complexity index is 744. The van der Waals surface area contributed by atoms with E-state index in [-0.39, 0.29) is 35.6 Å². The van der Waals surface area contributed by atoms with Crippen molar-refractivity contribution in [2.24, 2.45) is 0 Å². The van der Waals surface area contributed by atoms with Crippen molar-refractivity contribution >= 4 is 46.4 Å². The van der Waals surface area contributed by atoms with Gasteiger partial charge >= 0.3 is 0 Å². The van der Waals surface area contributed by atoms with Gasteiger partial charge in [-0.3, -0.25) is 4.79 Å². The van der Waals surface area contributed by atoms with Crippen molar-refractivity contribution < 1.29 is 17.9 Å². The van der Waals surface area contributed by atoms with Gasteiger partial charge in [-0.25, -0.2) is 8.42 Å². The van der Waals surface area contributed by atoms with Gasteiger partial charge in [0.05, 0.1) is 18.1 Å². The molecule has 2 heterocycles. The predicted octanol–water partition coefficient (Wildman–Crippen LogP) is 0.783. The highest BCUT2D eigenvalue weighted by molar-refractivity contribution is 7.89. The molecule has 1 amide bonds. The van der Waals surface area contributed by atoms with Crippen LogP contribution in [0.5, 0.6) is 0 Å². The highest BCUT2D eigenvalue weighted by Crippen LogP contribution is 2.21. The zero-order chi connectivity index (χ0) is 18.6. The van der Waals surface area contributed by atoms with E-state index >= 15 is 0 Å². The van der Waals surface area contributed by atoms with Gasteiger partial charge in [0, 0.05) is 31.9 Å². The summed E-state index contributed by atoms with van der Waals surface area (Å²) in [6, 6.07) is 6.01. The molecule has 0 aromatic heterocycles. The van der Waals surface area contributed by atoms with Crippen LogP contribution < -0.4 is 10.6 Å². The van der Waals surface area contributed by atoms with E-state index in [1.807, 2.05) is 7.05 Å². The number of hydrogen-bond donors (Lipinski definition) is 2. The highest BCUT2D eigenvalue weighted by Gasteiger charge is 2.27. The molecule has 0 saturated carbocycles. The third kappa shape index (κ3) is 6.28. The van der Waals surface area contributed by atoms with Gasteiger partial charge in [-0.1, -0.05) is 6.07 Å². The normalized spacial score (nSPS) is 21.7. The van der Waals surface area contributed by atoms with Crippen LogP contribution in [0, 0.1) is 0 Å². The number of benzene rings is 1. The van der Waals surface area contributed by atoms with Crippen LogP contribution in [0.4, 0.5) is 5.69 Å². The van der Waals surface area contributed by atoms with Crippen molar-refractivity contribution in [2.75, 3.05) is 58.3 Å². The molecule has 8 nitrogen and oxygen atoms in total. The molecule has 1 aromatic carbocycles. The number of nitrogens with zero attached hydrogens (tertiary/aromatic N) is 2. The second-order valence-electron chi connectivity index (χ2n) is 6.66. The molecule has 1 atom stereocenters. The lowest BCUT2D eigenvalue weighted by Crippen LogP contribution is -2.48. The summed E-state index contributed by atoms with van der Waals surface area (Å²) in [5.41, 5.74) is 0.468. The average molecular weight is 455 g/mol. The fourth-order valence-corrected chi connectivity index (χ4v) is 4.63. The number of anilines is 1. The molecule has 1 unspecified atom stereocenters. The first kappa shape index (κ1) is 25.1. The lowest BCUT2D eigenvalue weighted by atomic mass is 10.2. The number of rotatable bonds is 4. The van der Waals surface area contributed by atoms with Crippen LogP contribution in [0.2, 0.25) is 0 Å². The van der Waals surface area contributed by atoms with E-state index in [2.05, 4.69) is 15.5 Å². The molecule has 0 radical (unpaired) electrons. The maximum Gasteiger partial charge on any atom is 0.243 e. The van der Waals surface area contributed by atoms with Crippen LogP contribution in [-0.4, -0.2) is 82.6 Å². The lowest BCUT2D eigenvalue weighted by molar-refractivity contribution is -0.120. The molecule has 0 spiro atoms. The van der Waals surface area contributed by atoms with Gasteiger partial charge in [0.25, 0.3) is 0 Å². The van der Waals surface area contributed by atoms with E-state index in [0.717, 1.165) is 13.0 Å². The van der Waals surface area contributed by atoms with Crippen LogP contribution >= 0.6 is 24.8 Å². The molecule has 11 heteroatoms. The molecule has 28 heavy (non-hydrogen) atoms. The molecule has 3 rings (SSSR count). The molecular weight excluding hydrogens is 427 g/mol. The summed E-state index contributed by atoms with van der Waals surface area (Å²) in [6.45, 7) is 4.09. The lowest BCUT2D eigenvalue weighted by Gasteiger charge is -2.23. The molecule has 0 bridgehead atoms. The first-order chi connectivity index (χ1) is 12.5. The minimum absolute atomic E-state index is 0. The summed E-state index contributed by atoms with van der Waals surface area (Å²) in [6.07, 6.45) is 0.805. The van der Waals surface area contributed by atoms with Crippen LogP contribution in [0.25, 0.3) is 0 Å². The number of nitrogens with one attached hydrogen (secondary N) is 2.